The average Bonchev–Trinajstić information content (AvgIpc) is 2.52. The molecule has 1 heterocycles. The Labute approximate surface area is 129 Å². The molecular formula is C16H14N3O2S+. The summed E-state index contributed by atoms with van der Waals surface area (Å²) in [5.41, 5.74) is 1.42. The lowest BCUT2D eigenvalue weighted by atomic mass is 10.2. The van der Waals surface area contributed by atoms with Gasteiger partial charge in [-0.3, -0.25) is 5.41 Å². The maximum atomic E-state index is 12.4. The minimum atomic E-state index is -3.41. The van der Waals surface area contributed by atoms with E-state index in [2.05, 4.69) is 0 Å². The summed E-state index contributed by atoms with van der Waals surface area (Å²) in [7, 11) is -3.41. The summed E-state index contributed by atoms with van der Waals surface area (Å²) in [4.78, 5) is 0.281. The first-order chi connectivity index (χ1) is 10.5. The number of benzene rings is 1. The fourth-order valence-corrected chi connectivity index (χ4v) is 3.48. The number of hydrogen-bond donors (Lipinski definition) is 1. The first-order valence-corrected chi connectivity index (χ1v) is 8.12. The van der Waals surface area contributed by atoms with Gasteiger partial charge < -0.3 is 0 Å². The minimum Gasteiger partial charge on any atom is -0.252 e. The summed E-state index contributed by atoms with van der Waals surface area (Å²) >= 11 is 0. The highest BCUT2D eigenvalue weighted by Crippen LogP contribution is 2.17. The van der Waals surface area contributed by atoms with Crippen LogP contribution in [0, 0.1) is 23.7 Å². The van der Waals surface area contributed by atoms with Crippen molar-refractivity contribution in [3.63, 3.8) is 0 Å². The van der Waals surface area contributed by atoms with Crippen molar-refractivity contribution in [1.82, 2.24) is 0 Å². The van der Waals surface area contributed by atoms with Crippen molar-refractivity contribution in [2.75, 3.05) is 0 Å². The number of nitriles is 1. The maximum Gasteiger partial charge on any atom is 0.351 e. The molecule has 0 aliphatic heterocycles. The highest BCUT2D eigenvalue weighted by molar-refractivity contribution is 7.90. The van der Waals surface area contributed by atoms with Crippen LogP contribution in [0.4, 0.5) is 0 Å². The second-order valence-electron chi connectivity index (χ2n) is 4.72. The molecule has 1 aromatic carbocycles. The number of aryl methyl sites for hydroxylation is 1. The molecule has 0 saturated carbocycles. The lowest BCUT2D eigenvalue weighted by molar-refractivity contribution is -0.576. The fraction of sp³-hybridized carbons (Fsp3) is 0.125. The zero-order valence-electron chi connectivity index (χ0n) is 11.9. The molecule has 0 aliphatic rings. The summed E-state index contributed by atoms with van der Waals surface area (Å²) in [6.07, 6.45) is 3.18. The Balaban J connectivity index is 2.36. The van der Waals surface area contributed by atoms with Gasteiger partial charge >= 0.3 is 5.70 Å². The van der Waals surface area contributed by atoms with E-state index >= 15 is 0 Å². The Morgan fingerprint density at radius 2 is 1.95 bits per heavy atom. The number of hydrogen-bond acceptors (Lipinski definition) is 4. The fourth-order valence-electron chi connectivity index (χ4n) is 2.00. The third-order valence-electron chi connectivity index (χ3n) is 3.21. The molecule has 22 heavy (non-hydrogen) atoms. The van der Waals surface area contributed by atoms with Crippen LogP contribution in [0.5, 0.6) is 0 Å². The van der Waals surface area contributed by atoms with Crippen molar-refractivity contribution in [2.24, 2.45) is 0 Å². The van der Waals surface area contributed by atoms with Crippen molar-refractivity contribution in [1.29, 1.82) is 10.7 Å². The van der Waals surface area contributed by atoms with Crippen LogP contribution < -0.4 is 4.57 Å². The topological polar surface area (TPSA) is 85.7 Å². The lowest BCUT2D eigenvalue weighted by Gasteiger charge is -2.06. The van der Waals surface area contributed by atoms with Crippen LogP contribution in [0.3, 0.4) is 0 Å². The van der Waals surface area contributed by atoms with E-state index < -0.39 is 9.84 Å². The molecule has 0 atom stereocenters. The molecule has 2 aromatic rings. The van der Waals surface area contributed by atoms with E-state index in [4.69, 9.17) is 10.7 Å². The van der Waals surface area contributed by atoms with E-state index in [-0.39, 0.29) is 16.3 Å². The Kier molecular flexibility index (Phi) is 4.52. The molecule has 2 rings (SSSR count). The highest BCUT2D eigenvalue weighted by atomic mass is 32.2. The van der Waals surface area contributed by atoms with Crippen LogP contribution in [0.1, 0.15) is 11.1 Å². The molecule has 0 radical (unpaired) electrons. The van der Waals surface area contributed by atoms with Crippen molar-refractivity contribution < 1.29 is 13.0 Å². The molecule has 0 aliphatic carbocycles. The largest absolute Gasteiger partial charge is 0.351 e. The summed E-state index contributed by atoms with van der Waals surface area (Å²) < 4.78 is 26.2. The Morgan fingerprint density at radius 1 is 1.27 bits per heavy atom. The number of nitrogens with one attached hydrogen (secondary N) is 1. The number of rotatable bonds is 4. The average molecular weight is 312 g/mol. The van der Waals surface area contributed by atoms with Crippen molar-refractivity contribution in [2.45, 2.75) is 17.6 Å². The summed E-state index contributed by atoms with van der Waals surface area (Å²) in [5, 5.41) is 15.9. The van der Waals surface area contributed by atoms with Gasteiger partial charge in [0.15, 0.2) is 28.3 Å². The molecule has 0 amide bonds. The van der Waals surface area contributed by atoms with Gasteiger partial charge in [-0.25, -0.2) is 8.42 Å². The molecule has 1 aromatic heterocycles. The third-order valence-corrected chi connectivity index (χ3v) is 4.89. The van der Waals surface area contributed by atoms with Crippen LogP contribution in [-0.2, 0) is 15.6 Å². The summed E-state index contributed by atoms with van der Waals surface area (Å²) in [6.45, 7) is 1.77. The maximum absolute atomic E-state index is 12.4. The van der Waals surface area contributed by atoms with Crippen molar-refractivity contribution >= 4 is 21.4 Å². The van der Waals surface area contributed by atoms with Gasteiger partial charge in [0.1, 0.15) is 0 Å². The lowest BCUT2D eigenvalue weighted by Crippen LogP contribution is -2.32. The third kappa shape index (κ3) is 3.29. The minimum absolute atomic E-state index is 0.0422. The van der Waals surface area contributed by atoms with Crippen LogP contribution in [0.25, 0.3) is 5.70 Å². The standard InChI is InChI=1S/C16H14N3O2S/c1-13-11-19(15(9-17)10-18)8-7-14(13)12-22(20,21)16-5-3-2-4-6-16/h2-8,11,17H,12H2,1H3/q+1. The number of nitrogens with zero attached hydrogens (tertiary/aromatic N) is 2. The van der Waals surface area contributed by atoms with Gasteiger partial charge in [0, 0.05) is 11.6 Å². The Bertz CT molecular complexity index is 891. The van der Waals surface area contributed by atoms with Gasteiger partial charge in [0.25, 0.3) is 0 Å². The normalized spacial score (nSPS) is 10.5. The van der Waals surface area contributed by atoms with Crippen LogP contribution >= 0.6 is 0 Å². The van der Waals surface area contributed by atoms with Gasteiger partial charge in [-0.05, 0) is 24.6 Å². The molecule has 0 unspecified atom stereocenters. The monoisotopic (exact) mass is 312 g/mol. The number of sulfone groups is 1. The molecule has 5 nitrogen and oxygen atoms in total. The van der Waals surface area contributed by atoms with E-state index in [1.54, 1.807) is 55.7 Å². The van der Waals surface area contributed by atoms with Gasteiger partial charge in [-0.1, -0.05) is 18.2 Å². The smallest absolute Gasteiger partial charge is 0.252 e. The van der Waals surface area contributed by atoms with Gasteiger partial charge in [0.05, 0.1) is 16.5 Å². The molecule has 1 N–H and O–H groups in total. The predicted octanol–water partition coefficient (Wildman–Crippen LogP) is 1.87. The molecule has 0 fully saturated rings. The predicted molar refractivity (Wildman–Crippen MR) is 81.7 cm³/mol. The van der Waals surface area contributed by atoms with Crippen molar-refractivity contribution in [3.8, 4) is 6.07 Å². The zero-order valence-corrected chi connectivity index (χ0v) is 12.8. The number of aromatic nitrogens is 1. The molecular weight excluding hydrogens is 298 g/mol. The molecule has 0 saturated heterocycles. The number of pyridine rings is 1. The van der Waals surface area contributed by atoms with Crippen LogP contribution in [0.2, 0.25) is 0 Å². The Morgan fingerprint density at radius 3 is 2.50 bits per heavy atom. The van der Waals surface area contributed by atoms with Gasteiger partial charge in [-0.2, -0.15) is 5.26 Å². The highest BCUT2D eigenvalue weighted by Gasteiger charge is 2.18. The van der Waals surface area contributed by atoms with E-state index in [1.807, 2.05) is 11.9 Å². The quantitative estimate of drug-likeness (QED) is 0.531. The van der Waals surface area contributed by atoms with Crippen LogP contribution in [-0.4, -0.2) is 14.3 Å². The van der Waals surface area contributed by atoms with Gasteiger partial charge in [-0.15, -0.1) is 4.57 Å². The second-order valence-corrected chi connectivity index (χ2v) is 6.71. The first kappa shape index (κ1) is 15.6. The van der Waals surface area contributed by atoms with Gasteiger partial charge in [0.2, 0.25) is 0 Å². The number of allylic oxidation sites excluding steroid dienone is 1. The second kappa shape index (κ2) is 6.35. The molecule has 0 spiro atoms. The SMILES string of the molecule is Cc1c[n+](C(=C=N)C#N)ccc1CS(=O)(=O)c1ccccc1. The summed E-state index contributed by atoms with van der Waals surface area (Å²) in [5.74, 6) is 1.93. The summed E-state index contributed by atoms with van der Waals surface area (Å²) in [6, 6.07) is 11.8. The Hall–Kier alpha value is -2.74. The van der Waals surface area contributed by atoms with E-state index in [1.165, 1.54) is 4.57 Å². The van der Waals surface area contributed by atoms with Crippen LogP contribution in [0.15, 0.2) is 53.7 Å². The first-order valence-electron chi connectivity index (χ1n) is 6.46. The molecule has 110 valence electrons. The van der Waals surface area contributed by atoms with E-state index in [0.29, 0.717) is 5.56 Å². The van der Waals surface area contributed by atoms with E-state index in [0.717, 1.165) is 5.56 Å². The van der Waals surface area contributed by atoms with Crippen molar-refractivity contribution in [3.05, 3.63) is 59.9 Å². The molecule has 0 bridgehead atoms. The van der Waals surface area contributed by atoms with E-state index in [9.17, 15) is 8.42 Å². The zero-order chi connectivity index (χ0) is 16.2. The molecule has 6 heteroatoms.